The van der Waals surface area contributed by atoms with Gasteiger partial charge in [-0.1, -0.05) is 48.4 Å². The molecule has 2 rings (SSSR count). The van der Waals surface area contributed by atoms with E-state index in [9.17, 15) is 0 Å². The van der Waals surface area contributed by atoms with Gasteiger partial charge >= 0.3 is 0 Å². The van der Waals surface area contributed by atoms with E-state index in [1.54, 1.807) is 0 Å². The van der Waals surface area contributed by atoms with Crippen LogP contribution in [0.2, 0.25) is 0 Å². The summed E-state index contributed by atoms with van der Waals surface area (Å²) in [4.78, 5) is 0. The molecule has 0 amide bonds. The van der Waals surface area contributed by atoms with Crippen LogP contribution in [0.4, 0.5) is 0 Å². The Bertz CT molecular complexity index is 655. The zero-order chi connectivity index (χ0) is 17.2. The second-order valence-electron chi connectivity index (χ2n) is 7.64. The second kappa shape index (κ2) is 6.74. The number of hydrogen-bond acceptors (Lipinski definition) is 2. The van der Waals surface area contributed by atoms with Crippen LogP contribution in [0.25, 0.3) is 0 Å². The van der Waals surface area contributed by atoms with Gasteiger partial charge in [-0.25, -0.2) is 0 Å². The van der Waals surface area contributed by atoms with Crippen molar-refractivity contribution in [3.05, 3.63) is 58.2 Å². The van der Waals surface area contributed by atoms with Crippen molar-refractivity contribution in [2.45, 2.75) is 60.4 Å². The minimum atomic E-state index is -0.0329. The average Bonchev–Trinajstić information content (AvgIpc) is 2.68. The number of benzene rings is 1. The van der Waals surface area contributed by atoms with E-state index in [1.807, 2.05) is 0 Å². The van der Waals surface area contributed by atoms with Crippen LogP contribution in [0, 0.1) is 5.92 Å². The van der Waals surface area contributed by atoms with E-state index < -0.39 is 0 Å². The smallest absolute Gasteiger partial charge is 0.0716 e. The van der Waals surface area contributed by atoms with Crippen molar-refractivity contribution in [3.8, 4) is 0 Å². The first-order valence-electron chi connectivity index (χ1n) is 8.47. The summed E-state index contributed by atoms with van der Waals surface area (Å²) in [6.45, 7) is 15.5. The van der Waals surface area contributed by atoms with E-state index in [2.05, 4.69) is 84.2 Å². The van der Waals surface area contributed by atoms with Gasteiger partial charge in [0.15, 0.2) is 0 Å². The Morgan fingerprint density at radius 1 is 1.04 bits per heavy atom. The fourth-order valence-corrected chi connectivity index (χ4v) is 2.99. The Morgan fingerprint density at radius 3 is 2.13 bits per heavy atom. The van der Waals surface area contributed by atoms with Gasteiger partial charge in [-0.05, 0) is 64.2 Å². The first-order valence-corrected chi connectivity index (χ1v) is 8.47. The van der Waals surface area contributed by atoms with E-state index in [0.717, 1.165) is 12.1 Å². The Balaban J connectivity index is 2.34. The zero-order valence-electron chi connectivity index (χ0n) is 15.6. The molecule has 1 aliphatic rings. The summed E-state index contributed by atoms with van der Waals surface area (Å²) < 4.78 is 0. The predicted octanol–water partition coefficient (Wildman–Crippen LogP) is 5.47. The minimum Gasteiger partial charge on any atom is -0.305 e. The molecule has 0 bridgehead atoms. The third-order valence-corrected chi connectivity index (χ3v) is 4.80. The number of allylic oxidation sites excluding steroid dienone is 4. The van der Waals surface area contributed by atoms with Gasteiger partial charge in [-0.3, -0.25) is 0 Å². The second-order valence-corrected chi connectivity index (χ2v) is 7.64. The standard InChI is InChI=1S/C21H30N2/c1-14-15(2)17(4)19(16(14)3)13-20(22-23-21(5,6)7)18-11-9-8-10-12-18/h8-12,16,23H,13H2,1-7H3. The van der Waals surface area contributed by atoms with Gasteiger partial charge in [-0.15, -0.1) is 0 Å². The summed E-state index contributed by atoms with van der Waals surface area (Å²) in [7, 11) is 0. The highest BCUT2D eigenvalue weighted by molar-refractivity contribution is 6.02. The minimum absolute atomic E-state index is 0.0329. The molecule has 1 aromatic rings. The van der Waals surface area contributed by atoms with Crippen LogP contribution in [0.3, 0.4) is 0 Å². The average molecular weight is 310 g/mol. The highest BCUT2D eigenvalue weighted by Crippen LogP contribution is 2.38. The Hall–Kier alpha value is -1.83. The number of hydrogen-bond donors (Lipinski definition) is 1. The molecule has 0 spiro atoms. The highest BCUT2D eigenvalue weighted by atomic mass is 15.3. The molecule has 1 N–H and O–H groups in total. The summed E-state index contributed by atoms with van der Waals surface area (Å²) in [6, 6.07) is 10.5. The molecule has 1 atom stereocenters. The van der Waals surface area contributed by atoms with Crippen LogP contribution < -0.4 is 5.43 Å². The molecule has 23 heavy (non-hydrogen) atoms. The number of hydrazone groups is 1. The maximum absolute atomic E-state index is 4.76. The summed E-state index contributed by atoms with van der Waals surface area (Å²) in [5.74, 6) is 0.513. The van der Waals surface area contributed by atoms with Crippen molar-refractivity contribution < 1.29 is 0 Å². The highest BCUT2D eigenvalue weighted by Gasteiger charge is 2.25. The third kappa shape index (κ3) is 4.13. The molecule has 0 saturated carbocycles. The SMILES string of the molecule is CC1=C(C)C(C)C(CC(=NNC(C)(C)C)c2ccccc2)=C1C. The maximum atomic E-state index is 4.76. The molecule has 0 aromatic heterocycles. The molecular weight excluding hydrogens is 280 g/mol. The van der Waals surface area contributed by atoms with E-state index in [-0.39, 0.29) is 5.54 Å². The van der Waals surface area contributed by atoms with Crippen molar-refractivity contribution in [1.82, 2.24) is 5.43 Å². The fraction of sp³-hybridized carbons (Fsp3) is 0.476. The molecule has 0 fully saturated rings. The van der Waals surface area contributed by atoms with Crippen LogP contribution in [0.15, 0.2) is 57.7 Å². The van der Waals surface area contributed by atoms with Crippen LogP contribution in [0.5, 0.6) is 0 Å². The van der Waals surface area contributed by atoms with Crippen molar-refractivity contribution >= 4 is 5.71 Å². The van der Waals surface area contributed by atoms with E-state index in [4.69, 9.17) is 5.10 Å². The monoisotopic (exact) mass is 310 g/mol. The van der Waals surface area contributed by atoms with Crippen LogP contribution >= 0.6 is 0 Å². The molecule has 0 aliphatic heterocycles. The summed E-state index contributed by atoms with van der Waals surface area (Å²) in [5, 5.41) is 4.76. The summed E-state index contributed by atoms with van der Waals surface area (Å²) >= 11 is 0. The lowest BCUT2D eigenvalue weighted by atomic mass is 9.91. The van der Waals surface area contributed by atoms with E-state index >= 15 is 0 Å². The number of nitrogens with zero attached hydrogens (tertiary/aromatic N) is 1. The molecule has 0 radical (unpaired) electrons. The molecule has 1 unspecified atom stereocenters. The number of nitrogens with one attached hydrogen (secondary N) is 1. The van der Waals surface area contributed by atoms with E-state index in [0.29, 0.717) is 5.92 Å². The first-order chi connectivity index (χ1) is 10.7. The molecule has 0 heterocycles. The van der Waals surface area contributed by atoms with Crippen molar-refractivity contribution in [2.24, 2.45) is 11.0 Å². The van der Waals surface area contributed by atoms with Crippen LogP contribution in [0.1, 0.15) is 60.5 Å². The summed E-state index contributed by atoms with van der Waals surface area (Å²) in [6.07, 6.45) is 0.898. The van der Waals surface area contributed by atoms with Crippen LogP contribution in [-0.2, 0) is 0 Å². The van der Waals surface area contributed by atoms with Gasteiger partial charge in [0.25, 0.3) is 0 Å². The normalized spacial score (nSPS) is 19.6. The topological polar surface area (TPSA) is 24.4 Å². The maximum Gasteiger partial charge on any atom is 0.0716 e. The lowest BCUT2D eigenvalue weighted by Crippen LogP contribution is -2.32. The third-order valence-electron chi connectivity index (χ3n) is 4.80. The van der Waals surface area contributed by atoms with Crippen molar-refractivity contribution in [2.75, 3.05) is 0 Å². The van der Waals surface area contributed by atoms with Gasteiger partial charge in [-0.2, -0.15) is 5.10 Å². The van der Waals surface area contributed by atoms with Gasteiger partial charge in [0.05, 0.1) is 5.71 Å². The molecule has 1 aliphatic carbocycles. The Labute approximate surface area is 141 Å². The fourth-order valence-electron chi connectivity index (χ4n) is 2.99. The zero-order valence-corrected chi connectivity index (χ0v) is 15.6. The molecule has 124 valence electrons. The van der Waals surface area contributed by atoms with Gasteiger partial charge in [0.2, 0.25) is 0 Å². The molecule has 0 saturated heterocycles. The quantitative estimate of drug-likeness (QED) is 0.578. The lowest BCUT2D eigenvalue weighted by Gasteiger charge is -2.20. The lowest BCUT2D eigenvalue weighted by molar-refractivity contribution is 0.440. The largest absolute Gasteiger partial charge is 0.305 e. The Morgan fingerprint density at radius 2 is 1.65 bits per heavy atom. The molecular formula is C21H30N2. The molecule has 2 heteroatoms. The van der Waals surface area contributed by atoms with Gasteiger partial charge in [0.1, 0.15) is 0 Å². The number of rotatable bonds is 4. The Kier molecular flexibility index (Phi) is 5.13. The van der Waals surface area contributed by atoms with Crippen molar-refractivity contribution in [1.29, 1.82) is 0 Å². The van der Waals surface area contributed by atoms with Gasteiger partial charge < -0.3 is 5.43 Å². The predicted molar refractivity (Wildman–Crippen MR) is 101 cm³/mol. The van der Waals surface area contributed by atoms with Crippen molar-refractivity contribution in [3.63, 3.8) is 0 Å². The van der Waals surface area contributed by atoms with Crippen LogP contribution in [-0.4, -0.2) is 11.3 Å². The molecule has 2 nitrogen and oxygen atoms in total. The van der Waals surface area contributed by atoms with Gasteiger partial charge in [0, 0.05) is 12.0 Å². The molecule has 1 aromatic carbocycles. The first kappa shape index (κ1) is 17.5. The summed E-state index contributed by atoms with van der Waals surface area (Å²) in [5.41, 5.74) is 11.5. The van der Waals surface area contributed by atoms with E-state index in [1.165, 1.54) is 27.9 Å².